The van der Waals surface area contributed by atoms with Crippen LogP contribution >= 0.6 is 0 Å². The monoisotopic (exact) mass is 289 g/mol. The Morgan fingerprint density at radius 2 is 2.38 bits per heavy atom. The second-order valence-electron chi connectivity index (χ2n) is 3.68. The number of ether oxygens (including phenoxy) is 1. The van der Waals surface area contributed by atoms with Crippen LogP contribution in [0.5, 0.6) is 0 Å². The van der Waals surface area contributed by atoms with Crippen molar-refractivity contribution in [1.29, 1.82) is 10.7 Å². The van der Waals surface area contributed by atoms with Crippen LogP contribution < -0.4 is 11.2 Å². The summed E-state index contributed by atoms with van der Waals surface area (Å²) in [5.41, 5.74) is 6.90. The zero-order chi connectivity index (χ0) is 15.8. The molecule has 0 fully saturated rings. The molecule has 0 aliphatic heterocycles. The van der Waals surface area contributed by atoms with Crippen molar-refractivity contribution in [3.8, 4) is 6.07 Å². The van der Waals surface area contributed by atoms with Crippen molar-refractivity contribution in [2.45, 2.75) is 0 Å². The summed E-state index contributed by atoms with van der Waals surface area (Å²) >= 11 is 0. The number of esters is 1. The van der Waals surface area contributed by atoms with Gasteiger partial charge in [-0.25, -0.2) is 9.18 Å². The second kappa shape index (κ2) is 7.40. The Kier molecular flexibility index (Phi) is 5.58. The number of hydrazone groups is 1. The predicted octanol–water partition coefficient (Wildman–Crippen LogP) is 1.40. The molecule has 0 heterocycles. The molecule has 0 atom stereocenters. The maximum absolute atomic E-state index is 13.8. The molecule has 0 aromatic heterocycles. The lowest BCUT2D eigenvalue weighted by molar-refractivity contribution is 0.0549. The average molecular weight is 289 g/mol. The van der Waals surface area contributed by atoms with Gasteiger partial charge in [-0.3, -0.25) is 10.8 Å². The lowest BCUT2D eigenvalue weighted by atomic mass is 10.2. The van der Waals surface area contributed by atoms with Crippen molar-refractivity contribution in [3.05, 3.63) is 42.2 Å². The molecular weight excluding hydrogens is 277 g/mol. The van der Waals surface area contributed by atoms with Crippen molar-refractivity contribution in [3.63, 3.8) is 0 Å². The summed E-state index contributed by atoms with van der Waals surface area (Å²) in [6.07, 6.45) is 1.39. The quantitative estimate of drug-likeness (QED) is 0.240. The Balaban J connectivity index is 2.89. The van der Waals surface area contributed by atoms with E-state index in [9.17, 15) is 9.18 Å². The molecule has 108 valence electrons. The molecule has 1 aromatic rings. The third kappa shape index (κ3) is 4.43. The van der Waals surface area contributed by atoms with Gasteiger partial charge in [0.25, 0.3) is 0 Å². The van der Waals surface area contributed by atoms with Gasteiger partial charge in [0, 0.05) is 0 Å². The summed E-state index contributed by atoms with van der Waals surface area (Å²) in [7, 11) is 0. The number of nitrogens with zero attached hydrogens (tertiary/aromatic N) is 2. The second-order valence-corrected chi connectivity index (χ2v) is 3.68. The summed E-state index contributed by atoms with van der Waals surface area (Å²) in [6.45, 7) is 3.41. The van der Waals surface area contributed by atoms with E-state index in [0.29, 0.717) is 0 Å². The Hall–Kier alpha value is -3.21. The molecule has 7 nitrogen and oxygen atoms in total. The number of anilines is 1. The number of halogens is 1. The van der Waals surface area contributed by atoms with Crippen molar-refractivity contribution in [2.75, 3.05) is 12.0 Å². The van der Waals surface area contributed by atoms with Gasteiger partial charge in [0.15, 0.2) is 5.84 Å². The number of hydrogen-bond donors (Lipinski definition) is 3. The highest BCUT2D eigenvalue weighted by Gasteiger charge is 2.11. The standard InChI is InChI=1S/C13H12FN5O2/c1-2-5-21-13(20)8-3-4-10(9(14)6-8)18-19-11(7-15)12(16)17/h2-4,6,18H,1,5H2,(H3,16,17)/b19-11+. The molecule has 21 heavy (non-hydrogen) atoms. The highest BCUT2D eigenvalue weighted by Crippen LogP contribution is 2.16. The van der Waals surface area contributed by atoms with Gasteiger partial charge in [0.05, 0.1) is 11.3 Å². The third-order valence-corrected chi connectivity index (χ3v) is 2.19. The topological polar surface area (TPSA) is 124 Å². The van der Waals surface area contributed by atoms with Crippen LogP contribution in [-0.4, -0.2) is 24.1 Å². The van der Waals surface area contributed by atoms with Crippen LogP contribution in [0.1, 0.15) is 10.4 Å². The first kappa shape index (κ1) is 15.8. The van der Waals surface area contributed by atoms with E-state index in [4.69, 9.17) is 21.1 Å². The first-order valence-electron chi connectivity index (χ1n) is 5.65. The summed E-state index contributed by atoms with van der Waals surface area (Å²) in [6, 6.07) is 5.11. The van der Waals surface area contributed by atoms with Gasteiger partial charge in [0.1, 0.15) is 18.5 Å². The molecule has 0 spiro atoms. The molecule has 0 saturated carbocycles. The van der Waals surface area contributed by atoms with Gasteiger partial charge in [-0.15, -0.1) is 0 Å². The zero-order valence-electron chi connectivity index (χ0n) is 10.9. The van der Waals surface area contributed by atoms with Crippen LogP contribution in [-0.2, 0) is 4.74 Å². The Morgan fingerprint density at radius 3 is 2.90 bits per heavy atom. The molecular formula is C13H12FN5O2. The first-order valence-corrected chi connectivity index (χ1v) is 5.65. The van der Waals surface area contributed by atoms with Crippen LogP contribution in [0.3, 0.4) is 0 Å². The van der Waals surface area contributed by atoms with Gasteiger partial charge in [-0.1, -0.05) is 12.7 Å². The maximum atomic E-state index is 13.8. The molecule has 0 aliphatic rings. The summed E-state index contributed by atoms with van der Waals surface area (Å²) in [5, 5.41) is 19.2. The lowest BCUT2D eigenvalue weighted by Gasteiger charge is -2.06. The van der Waals surface area contributed by atoms with Crippen molar-refractivity contribution in [2.24, 2.45) is 10.8 Å². The van der Waals surface area contributed by atoms with Gasteiger partial charge in [-0.2, -0.15) is 10.4 Å². The molecule has 0 saturated heterocycles. The third-order valence-electron chi connectivity index (χ3n) is 2.19. The Labute approximate surface area is 120 Å². The number of carbonyl (C=O) groups excluding carboxylic acids is 1. The number of carbonyl (C=O) groups is 1. The molecule has 1 rings (SSSR count). The smallest absolute Gasteiger partial charge is 0.338 e. The number of hydrogen-bond acceptors (Lipinski definition) is 6. The average Bonchev–Trinajstić information content (AvgIpc) is 2.46. The van der Waals surface area contributed by atoms with Gasteiger partial charge < -0.3 is 10.5 Å². The maximum Gasteiger partial charge on any atom is 0.338 e. The van der Waals surface area contributed by atoms with Crippen molar-refractivity contribution < 1.29 is 13.9 Å². The van der Waals surface area contributed by atoms with E-state index < -0.39 is 17.6 Å². The van der Waals surface area contributed by atoms with Crippen LogP contribution in [0.4, 0.5) is 10.1 Å². The number of amidine groups is 1. The van der Waals surface area contributed by atoms with E-state index in [0.717, 1.165) is 6.07 Å². The Morgan fingerprint density at radius 1 is 1.67 bits per heavy atom. The van der Waals surface area contributed by atoms with Crippen molar-refractivity contribution in [1.82, 2.24) is 0 Å². The van der Waals surface area contributed by atoms with E-state index in [1.165, 1.54) is 18.2 Å². The number of benzene rings is 1. The van der Waals surface area contributed by atoms with E-state index in [1.807, 2.05) is 0 Å². The highest BCUT2D eigenvalue weighted by atomic mass is 19.1. The van der Waals surface area contributed by atoms with Crippen molar-refractivity contribution >= 4 is 23.2 Å². The molecule has 8 heteroatoms. The number of nitrogens with one attached hydrogen (secondary N) is 2. The fourth-order valence-corrected chi connectivity index (χ4v) is 1.21. The minimum atomic E-state index is -0.771. The van der Waals surface area contributed by atoms with Crippen LogP contribution in [0.2, 0.25) is 0 Å². The van der Waals surface area contributed by atoms with Gasteiger partial charge in [-0.05, 0) is 18.2 Å². The van der Waals surface area contributed by atoms with E-state index >= 15 is 0 Å². The summed E-state index contributed by atoms with van der Waals surface area (Å²) in [5.74, 6) is -2.01. The van der Waals surface area contributed by atoms with E-state index in [1.54, 1.807) is 6.07 Å². The van der Waals surface area contributed by atoms with Crippen LogP contribution in [0, 0.1) is 22.6 Å². The van der Waals surface area contributed by atoms with Crippen LogP contribution in [0.15, 0.2) is 36.0 Å². The molecule has 0 radical (unpaired) electrons. The Bertz CT molecular complexity index is 648. The SMILES string of the molecule is C=CCOC(=O)c1ccc(N/N=C(\C#N)C(=N)N)c(F)c1. The minimum Gasteiger partial charge on any atom is -0.458 e. The molecule has 0 amide bonds. The molecule has 0 unspecified atom stereocenters. The van der Waals surface area contributed by atoms with Gasteiger partial charge in [0.2, 0.25) is 5.71 Å². The predicted molar refractivity (Wildman–Crippen MR) is 75.5 cm³/mol. The molecule has 0 bridgehead atoms. The minimum absolute atomic E-state index is 0.0227. The molecule has 0 aliphatic carbocycles. The van der Waals surface area contributed by atoms with E-state index in [-0.39, 0.29) is 23.6 Å². The largest absolute Gasteiger partial charge is 0.458 e. The summed E-state index contributed by atoms with van der Waals surface area (Å²) < 4.78 is 18.5. The highest BCUT2D eigenvalue weighted by molar-refractivity contribution is 6.45. The summed E-state index contributed by atoms with van der Waals surface area (Å²) in [4.78, 5) is 11.5. The number of nitrogens with two attached hydrogens (primary N) is 1. The number of nitriles is 1. The number of rotatable bonds is 6. The fraction of sp³-hybridized carbons (Fsp3) is 0.0769. The lowest BCUT2D eigenvalue weighted by Crippen LogP contribution is -2.22. The first-order chi connectivity index (χ1) is 9.99. The van der Waals surface area contributed by atoms with Crippen LogP contribution in [0.25, 0.3) is 0 Å². The van der Waals surface area contributed by atoms with Gasteiger partial charge >= 0.3 is 5.97 Å². The molecule has 1 aromatic carbocycles. The zero-order valence-corrected chi connectivity index (χ0v) is 10.9. The normalized spacial score (nSPS) is 10.4. The molecule has 4 N–H and O–H groups in total. The van der Waals surface area contributed by atoms with E-state index in [2.05, 4.69) is 17.1 Å². The fourth-order valence-electron chi connectivity index (χ4n) is 1.21.